The minimum atomic E-state index is -1.66. The van der Waals surface area contributed by atoms with Crippen LogP contribution in [0, 0.1) is 17.5 Å². The maximum atomic E-state index is 13.3. The van der Waals surface area contributed by atoms with Crippen LogP contribution >= 0.6 is 11.8 Å². The summed E-state index contributed by atoms with van der Waals surface area (Å²) in [6.07, 6.45) is 0.173. The van der Waals surface area contributed by atoms with Crippen LogP contribution in [0.1, 0.15) is 6.42 Å². The van der Waals surface area contributed by atoms with Crippen LogP contribution in [-0.2, 0) is 9.59 Å². The van der Waals surface area contributed by atoms with E-state index in [-0.39, 0.29) is 12.2 Å². The van der Waals surface area contributed by atoms with Crippen LogP contribution in [-0.4, -0.2) is 34.5 Å². The van der Waals surface area contributed by atoms with Crippen molar-refractivity contribution in [1.29, 1.82) is 0 Å². The van der Waals surface area contributed by atoms with E-state index in [9.17, 15) is 22.8 Å². The number of aliphatic carboxylic acids is 1. The highest BCUT2D eigenvalue weighted by Crippen LogP contribution is 2.19. The average Bonchev–Trinajstić information content (AvgIpc) is 2.44. The first-order valence-electron chi connectivity index (χ1n) is 5.82. The molecule has 0 saturated heterocycles. The molecule has 0 aliphatic heterocycles. The van der Waals surface area contributed by atoms with Gasteiger partial charge < -0.3 is 16.2 Å². The highest BCUT2D eigenvalue weighted by atomic mass is 32.2. The summed E-state index contributed by atoms with van der Waals surface area (Å²) in [5, 5.41) is 10.6. The highest BCUT2D eigenvalue weighted by molar-refractivity contribution is 7.99. The van der Waals surface area contributed by atoms with Crippen LogP contribution in [0.3, 0.4) is 0 Å². The van der Waals surface area contributed by atoms with E-state index >= 15 is 0 Å². The molecule has 1 aromatic rings. The van der Waals surface area contributed by atoms with E-state index in [1.165, 1.54) is 0 Å². The first kappa shape index (κ1) is 17.3. The molecule has 0 radical (unpaired) electrons. The summed E-state index contributed by atoms with van der Waals surface area (Å²) in [6, 6.07) is 0.605. The molecule has 0 fully saturated rings. The van der Waals surface area contributed by atoms with Gasteiger partial charge in [-0.1, -0.05) is 0 Å². The molecule has 4 N–H and O–H groups in total. The second-order valence-electron chi connectivity index (χ2n) is 4.06. The smallest absolute Gasteiger partial charge is 0.320 e. The summed E-state index contributed by atoms with van der Waals surface area (Å²) < 4.78 is 38.9. The number of anilines is 1. The second kappa shape index (κ2) is 7.89. The molecule has 0 spiro atoms. The number of nitrogens with one attached hydrogen (secondary N) is 1. The number of carboxylic acids is 1. The van der Waals surface area contributed by atoms with Crippen molar-refractivity contribution in [2.75, 3.05) is 16.8 Å². The Balaban J connectivity index is 2.41. The molecule has 116 valence electrons. The molecule has 0 aliphatic carbocycles. The number of carbonyl (C=O) groups is 2. The molecular weight excluding hydrogens is 309 g/mol. The van der Waals surface area contributed by atoms with Gasteiger partial charge >= 0.3 is 5.97 Å². The zero-order chi connectivity index (χ0) is 16.0. The summed E-state index contributed by atoms with van der Waals surface area (Å²) in [5.41, 5.74) is 4.81. The molecule has 1 aromatic carbocycles. The Labute approximate surface area is 122 Å². The van der Waals surface area contributed by atoms with Gasteiger partial charge in [0.25, 0.3) is 0 Å². The van der Waals surface area contributed by atoms with Gasteiger partial charge in [0, 0.05) is 0 Å². The maximum absolute atomic E-state index is 13.3. The van der Waals surface area contributed by atoms with Gasteiger partial charge in [-0.05, 0) is 24.3 Å². The number of nitrogens with two attached hydrogens (primary N) is 1. The number of benzene rings is 1. The third-order valence-corrected chi connectivity index (χ3v) is 3.42. The Kier molecular flexibility index (Phi) is 6.50. The van der Waals surface area contributed by atoms with Crippen molar-refractivity contribution in [2.24, 2.45) is 5.73 Å². The molecule has 0 saturated carbocycles. The van der Waals surface area contributed by atoms with Crippen LogP contribution < -0.4 is 11.1 Å². The summed E-state index contributed by atoms with van der Waals surface area (Å²) in [6.45, 7) is 0. The lowest BCUT2D eigenvalue weighted by molar-refractivity contribution is -0.138. The molecular formula is C12H13F3N2O3S. The Morgan fingerprint density at radius 2 is 1.95 bits per heavy atom. The first-order valence-corrected chi connectivity index (χ1v) is 6.98. The van der Waals surface area contributed by atoms with Gasteiger partial charge in [0.1, 0.15) is 6.04 Å². The Hall–Kier alpha value is -1.74. The van der Waals surface area contributed by atoms with Crippen LogP contribution in [0.5, 0.6) is 0 Å². The quantitative estimate of drug-likeness (QED) is 0.523. The molecule has 0 aromatic heterocycles. The number of hydrogen-bond acceptors (Lipinski definition) is 4. The van der Waals surface area contributed by atoms with Crippen LogP contribution in [0.15, 0.2) is 12.1 Å². The van der Waals surface area contributed by atoms with Crippen molar-refractivity contribution >= 4 is 29.3 Å². The molecule has 0 bridgehead atoms. The summed E-state index contributed by atoms with van der Waals surface area (Å²) in [5.74, 6) is -6.00. The van der Waals surface area contributed by atoms with Gasteiger partial charge in [-0.15, -0.1) is 0 Å². The summed E-state index contributed by atoms with van der Waals surface area (Å²) >= 11 is 1.09. The van der Waals surface area contributed by atoms with Crippen molar-refractivity contribution in [2.45, 2.75) is 12.5 Å². The molecule has 1 rings (SSSR count). The maximum Gasteiger partial charge on any atom is 0.320 e. The fourth-order valence-corrected chi connectivity index (χ4v) is 2.13. The predicted molar refractivity (Wildman–Crippen MR) is 72.5 cm³/mol. The minimum Gasteiger partial charge on any atom is -0.480 e. The zero-order valence-electron chi connectivity index (χ0n) is 10.7. The monoisotopic (exact) mass is 322 g/mol. The van der Waals surface area contributed by atoms with Gasteiger partial charge in [0.15, 0.2) is 17.5 Å². The van der Waals surface area contributed by atoms with E-state index in [0.717, 1.165) is 17.8 Å². The third-order valence-electron chi connectivity index (χ3n) is 2.43. The standard InChI is InChI=1S/C12H13F3N2O3S/c13-6-1-2-8(11(15)10(6)14)17-9(18)5-21-4-3-7(16)12(19)20/h1-2,7H,3-5,16H2,(H,17,18)(H,19,20). The second-order valence-corrected chi connectivity index (χ2v) is 5.16. The average molecular weight is 322 g/mol. The van der Waals surface area contributed by atoms with E-state index in [4.69, 9.17) is 10.8 Å². The van der Waals surface area contributed by atoms with Crippen molar-refractivity contribution in [3.8, 4) is 0 Å². The number of hydrogen-bond donors (Lipinski definition) is 3. The largest absolute Gasteiger partial charge is 0.480 e. The molecule has 1 unspecified atom stereocenters. The van der Waals surface area contributed by atoms with Crippen LogP contribution in [0.2, 0.25) is 0 Å². The lowest BCUT2D eigenvalue weighted by Crippen LogP contribution is -2.30. The Bertz CT molecular complexity index is 543. The van der Waals surface area contributed by atoms with Crippen molar-refractivity contribution in [3.05, 3.63) is 29.6 Å². The lowest BCUT2D eigenvalue weighted by Gasteiger charge is -2.08. The fourth-order valence-electron chi connectivity index (χ4n) is 1.31. The molecule has 0 aliphatic rings. The van der Waals surface area contributed by atoms with Crippen molar-refractivity contribution < 1.29 is 27.9 Å². The SMILES string of the molecule is NC(CCSCC(=O)Nc1ccc(F)c(F)c1F)C(=O)O. The number of halogens is 3. The number of thioether (sulfide) groups is 1. The van der Waals surface area contributed by atoms with E-state index in [1.54, 1.807) is 0 Å². The lowest BCUT2D eigenvalue weighted by atomic mass is 10.2. The van der Waals surface area contributed by atoms with E-state index in [0.29, 0.717) is 11.8 Å². The van der Waals surface area contributed by atoms with Crippen molar-refractivity contribution in [1.82, 2.24) is 0 Å². The summed E-state index contributed by atoms with van der Waals surface area (Å²) in [7, 11) is 0. The fraction of sp³-hybridized carbons (Fsp3) is 0.333. The number of carboxylic acid groups (broad SMARTS) is 1. The number of carbonyl (C=O) groups excluding carboxylic acids is 1. The third kappa shape index (κ3) is 5.27. The predicted octanol–water partition coefficient (Wildman–Crippen LogP) is 1.58. The summed E-state index contributed by atoms with van der Waals surface area (Å²) in [4.78, 5) is 21.9. The van der Waals surface area contributed by atoms with Crippen LogP contribution in [0.25, 0.3) is 0 Å². The Morgan fingerprint density at radius 3 is 2.57 bits per heavy atom. The normalized spacial score (nSPS) is 12.0. The van der Waals surface area contributed by atoms with Crippen molar-refractivity contribution in [3.63, 3.8) is 0 Å². The number of rotatable bonds is 7. The van der Waals surface area contributed by atoms with Gasteiger partial charge in [-0.3, -0.25) is 9.59 Å². The molecule has 0 heterocycles. The molecule has 9 heteroatoms. The number of amides is 1. The van der Waals surface area contributed by atoms with Gasteiger partial charge in [-0.25, -0.2) is 13.2 Å². The molecule has 1 atom stereocenters. The van der Waals surface area contributed by atoms with E-state index < -0.39 is 41.1 Å². The van der Waals surface area contributed by atoms with E-state index in [1.807, 2.05) is 0 Å². The van der Waals surface area contributed by atoms with Gasteiger partial charge in [-0.2, -0.15) is 11.8 Å². The first-order chi connectivity index (χ1) is 9.82. The zero-order valence-corrected chi connectivity index (χ0v) is 11.6. The topological polar surface area (TPSA) is 92.4 Å². The molecule has 5 nitrogen and oxygen atoms in total. The highest BCUT2D eigenvalue weighted by Gasteiger charge is 2.15. The van der Waals surface area contributed by atoms with Gasteiger partial charge in [0.05, 0.1) is 11.4 Å². The minimum absolute atomic E-state index is 0.0925. The van der Waals surface area contributed by atoms with E-state index in [2.05, 4.69) is 5.32 Å². The Morgan fingerprint density at radius 1 is 1.29 bits per heavy atom. The molecule has 21 heavy (non-hydrogen) atoms. The molecule has 1 amide bonds. The van der Waals surface area contributed by atoms with Crippen LogP contribution in [0.4, 0.5) is 18.9 Å². The van der Waals surface area contributed by atoms with Gasteiger partial charge in [0.2, 0.25) is 5.91 Å².